The van der Waals surface area contributed by atoms with Gasteiger partial charge in [-0.3, -0.25) is 4.79 Å². The quantitative estimate of drug-likeness (QED) is 0.412. The molecule has 0 atom stereocenters. The summed E-state index contributed by atoms with van der Waals surface area (Å²) in [6, 6.07) is 3.17. The number of unbranched alkanes of at least 4 members (excludes halogenated alkanes) is 1. The summed E-state index contributed by atoms with van der Waals surface area (Å²) in [5.41, 5.74) is 0. The Morgan fingerprint density at radius 1 is 1.62 bits per heavy atom. The average Bonchev–Trinajstić information content (AvgIpc) is 2.52. The maximum Gasteiger partial charge on any atom is 0.198 e. The minimum atomic E-state index is -0.00579. The summed E-state index contributed by atoms with van der Waals surface area (Å²) in [6.45, 7) is 3.58. The zero-order chi connectivity index (χ0) is 9.68. The molecule has 0 amide bonds. The second-order valence-corrected chi connectivity index (χ2v) is 3.08. The number of furan rings is 1. The highest BCUT2D eigenvalue weighted by Crippen LogP contribution is 2.15. The number of halogens is 1. The van der Waals surface area contributed by atoms with Gasteiger partial charge in [0.2, 0.25) is 0 Å². The zero-order valence-corrected chi connectivity index (χ0v) is 8.01. The lowest BCUT2D eigenvalue weighted by Crippen LogP contribution is -1.95. The molecule has 1 rings (SSSR count). The van der Waals surface area contributed by atoms with Gasteiger partial charge in [0.15, 0.2) is 16.8 Å². The van der Waals surface area contributed by atoms with Crippen molar-refractivity contribution in [2.24, 2.45) is 0 Å². The fourth-order valence-electron chi connectivity index (χ4n) is 0.994. The topological polar surface area (TPSA) is 30.2 Å². The Morgan fingerprint density at radius 3 is 2.92 bits per heavy atom. The Hall–Kier alpha value is -1.02. The third-order valence-electron chi connectivity index (χ3n) is 1.66. The first kappa shape index (κ1) is 10.1. The largest absolute Gasteiger partial charge is 0.442 e. The summed E-state index contributed by atoms with van der Waals surface area (Å²) in [5, 5.41) is 0.257. The Bertz CT molecular complexity index is 302. The van der Waals surface area contributed by atoms with E-state index in [-0.39, 0.29) is 11.0 Å². The number of hydrogen-bond acceptors (Lipinski definition) is 2. The van der Waals surface area contributed by atoms with Crippen LogP contribution >= 0.6 is 11.6 Å². The van der Waals surface area contributed by atoms with Crippen molar-refractivity contribution in [3.8, 4) is 0 Å². The van der Waals surface area contributed by atoms with Crippen LogP contribution in [0.2, 0.25) is 5.22 Å². The van der Waals surface area contributed by atoms with Crippen LogP contribution in [0.1, 0.15) is 29.8 Å². The van der Waals surface area contributed by atoms with E-state index in [1.54, 1.807) is 18.2 Å². The zero-order valence-electron chi connectivity index (χ0n) is 7.25. The van der Waals surface area contributed by atoms with Gasteiger partial charge in [0.1, 0.15) is 0 Å². The summed E-state index contributed by atoms with van der Waals surface area (Å²) < 4.78 is 4.97. The number of ketones is 1. The summed E-state index contributed by atoms with van der Waals surface area (Å²) in [6.07, 6.45) is 3.93. The molecular weight excluding hydrogens is 188 g/mol. The molecule has 0 saturated heterocycles. The van der Waals surface area contributed by atoms with Crippen molar-refractivity contribution < 1.29 is 9.21 Å². The van der Waals surface area contributed by atoms with Gasteiger partial charge < -0.3 is 4.42 Å². The van der Waals surface area contributed by atoms with Gasteiger partial charge in [-0.05, 0) is 36.6 Å². The third kappa shape index (κ3) is 3.07. The predicted octanol–water partition coefficient (Wildman–Crippen LogP) is 3.47. The molecule has 70 valence electrons. The van der Waals surface area contributed by atoms with E-state index < -0.39 is 0 Å². The van der Waals surface area contributed by atoms with Crippen LogP contribution in [0.5, 0.6) is 0 Å². The summed E-state index contributed by atoms with van der Waals surface area (Å²) in [4.78, 5) is 11.3. The minimum Gasteiger partial charge on any atom is -0.442 e. The van der Waals surface area contributed by atoms with Crippen LogP contribution in [0.15, 0.2) is 29.2 Å². The van der Waals surface area contributed by atoms with Crippen LogP contribution in [-0.2, 0) is 0 Å². The lowest BCUT2D eigenvalue weighted by atomic mass is 10.1. The molecule has 1 aromatic heterocycles. The standard InChI is InChI=1S/C10H11ClO2/c1-2-3-4-5-8(12)9-6-7-10(11)13-9/h2,6-7H,1,3-5H2. The molecule has 0 bridgehead atoms. The molecule has 0 radical (unpaired) electrons. The van der Waals surface area contributed by atoms with Gasteiger partial charge in [0, 0.05) is 6.42 Å². The smallest absolute Gasteiger partial charge is 0.198 e. The summed E-state index contributed by atoms with van der Waals surface area (Å²) >= 11 is 5.53. The highest BCUT2D eigenvalue weighted by Gasteiger charge is 2.09. The lowest BCUT2D eigenvalue weighted by Gasteiger charge is -1.94. The second-order valence-electron chi connectivity index (χ2n) is 2.71. The van der Waals surface area contributed by atoms with E-state index in [2.05, 4.69) is 6.58 Å². The fraction of sp³-hybridized carbons (Fsp3) is 0.300. The van der Waals surface area contributed by atoms with Crippen molar-refractivity contribution in [2.45, 2.75) is 19.3 Å². The number of rotatable bonds is 5. The Kier molecular flexibility index (Phi) is 3.77. The molecule has 0 aromatic carbocycles. The first-order valence-electron chi connectivity index (χ1n) is 4.13. The highest BCUT2D eigenvalue weighted by atomic mass is 35.5. The van der Waals surface area contributed by atoms with Gasteiger partial charge in [0.25, 0.3) is 0 Å². The highest BCUT2D eigenvalue weighted by molar-refractivity contribution is 6.29. The molecule has 13 heavy (non-hydrogen) atoms. The maximum absolute atomic E-state index is 11.3. The third-order valence-corrected chi connectivity index (χ3v) is 1.86. The Balaban J connectivity index is 2.44. The van der Waals surface area contributed by atoms with Gasteiger partial charge in [-0.25, -0.2) is 0 Å². The normalized spacial score (nSPS) is 9.92. The van der Waals surface area contributed by atoms with Crippen molar-refractivity contribution in [1.29, 1.82) is 0 Å². The summed E-state index contributed by atoms with van der Waals surface area (Å²) in [5.74, 6) is 0.336. The predicted molar refractivity (Wildman–Crippen MR) is 52.1 cm³/mol. The van der Waals surface area contributed by atoms with Crippen LogP contribution in [0.4, 0.5) is 0 Å². The molecule has 0 aliphatic rings. The molecule has 3 heteroatoms. The van der Waals surface area contributed by atoms with Gasteiger partial charge in [-0.1, -0.05) is 6.08 Å². The molecule has 1 heterocycles. The van der Waals surface area contributed by atoms with E-state index in [0.29, 0.717) is 12.2 Å². The van der Waals surface area contributed by atoms with Gasteiger partial charge >= 0.3 is 0 Å². The van der Waals surface area contributed by atoms with Crippen LogP contribution < -0.4 is 0 Å². The van der Waals surface area contributed by atoms with E-state index in [1.165, 1.54) is 0 Å². The van der Waals surface area contributed by atoms with Gasteiger partial charge in [-0.15, -0.1) is 6.58 Å². The van der Waals surface area contributed by atoms with E-state index in [4.69, 9.17) is 16.0 Å². The van der Waals surface area contributed by atoms with Crippen LogP contribution in [-0.4, -0.2) is 5.78 Å². The van der Waals surface area contributed by atoms with Gasteiger partial charge in [0.05, 0.1) is 0 Å². The SMILES string of the molecule is C=CCCCC(=O)c1ccc(Cl)o1. The van der Waals surface area contributed by atoms with Crippen LogP contribution in [0.25, 0.3) is 0 Å². The molecule has 0 aliphatic carbocycles. The number of carbonyl (C=O) groups excluding carboxylic acids is 1. The molecule has 0 N–H and O–H groups in total. The minimum absolute atomic E-state index is 0.00579. The molecule has 1 aromatic rings. The maximum atomic E-state index is 11.3. The van der Waals surface area contributed by atoms with Crippen molar-refractivity contribution in [3.05, 3.63) is 35.8 Å². The fourth-order valence-corrected chi connectivity index (χ4v) is 1.14. The first-order chi connectivity index (χ1) is 6.24. The number of hydrogen-bond donors (Lipinski definition) is 0. The van der Waals surface area contributed by atoms with Crippen molar-refractivity contribution in [2.75, 3.05) is 0 Å². The van der Waals surface area contributed by atoms with Crippen molar-refractivity contribution in [3.63, 3.8) is 0 Å². The molecule has 0 aliphatic heterocycles. The van der Waals surface area contributed by atoms with Gasteiger partial charge in [-0.2, -0.15) is 0 Å². The number of allylic oxidation sites excluding steroid dienone is 1. The number of Topliss-reactive ketones (excluding diaryl/α,β-unsaturated/α-hetero) is 1. The first-order valence-corrected chi connectivity index (χ1v) is 4.51. The average molecular weight is 199 g/mol. The summed E-state index contributed by atoms with van der Waals surface area (Å²) in [7, 11) is 0. The van der Waals surface area contributed by atoms with E-state index in [0.717, 1.165) is 12.8 Å². The Morgan fingerprint density at radius 2 is 2.38 bits per heavy atom. The van der Waals surface area contributed by atoms with Crippen LogP contribution in [0.3, 0.4) is 0 Å². The van der Waals surface area contributed by atoms with E-state index in [9.17, 15) is 4.79 Å². The van der Waals surface area contributed by atoms with E-state index in [1.807, 2.05) is 0 Å². The molecular formula is C10H11ClO2. The molecule has 0 saturated carbocycles. The monoisotopic (exact) mass is 198 g/mol. The molecule has 2 nitrogen and oxygen atoms in total. The molecule has 0 unspecified atom stereocenters. The van der Waals surface area contributed by atoms with Crippen molar-refractivity contribution in [1.82, 2.24) is 0 Å². The second kappa shape index (κ2) is 4.87. The molecule has 0 spiro atoms. The van der Waals surface area contributed by atoms with E-state index >= 15 is 0 Å². The Labute approximate surface area is 82.2 Å². The number of carbonyl (C=O) groups is 1. The van der Waals surface area contributed by atoms with Crippen LogP contribution in [0, 0.1) is 0 Å². The molecule has 0 fully saturated rings. The lowest BCUT2D eigenvalue weighted by molar-refractivity contribution is 0.0953. The van der Waals surface area contributed by atoms with Crippen molar-refractivity contribution >= 4 is 17.4 Å².